The lowest BCUT2D eigenvalue weighted by Gasteiger charge is -2.22. The predicted octanol–water partition coefficient (Wildman–Crippen LogP) is 1.81. The molecule has 1 aromatic carbocycles. The van der Waals surface area contributed by atoms with E-state index in [0.29, 0.717) is 0 Å². The van der Waals surface area contributed by atoms with Crippen molar-refractivity contribution in [3.8, 4) is 0 Å². The zero-order chi connectivity index (χ0) is 8.93. The van der Waals surface area contributed by atoms with Crippen molar-refractivity contribution in [1.29, 1.82) is 0 Å². The summed E-state index contributed by atoms with van der Waals surface area (Å²) in [6.45, 7) is 2.21. The summed E-state index contributed by atoms with van der Waals surface area (Å²) in [5.41, 5.74) is 1.32. The van der Waals surface area contributed by atoms with Gasteiger partial charge in [-0.2, -0.15) is 0 Å². The van der Waals surface area contributed by atoms with E-state index in [2.05, 4.69) is 24.3 Å². The molecule has 1 heterocycles. The fraction of sp³-hybridized carbons (Fsp3) is 0.455. The molecule has 0 aromatic heterocycles. The van der Waals surface area contributed by atoms with E-state index in [0.717, 1.165) is 26.2 Å². The highest BCUT2D eigenvalue weighted by atomic mass is 16.6. The van der Waals surface area contributed by atoms with Gasteiger partial charge in [0.25, 0.3) is 0 Å². The van der Waals surface area contributed by atoms with Crippen molar-refractivity contribution in [2.45, 2.75) is 12.5 Å². The standard InChI is InChI=1S/C11H14O2.H3N/c1-2-4-10(5-3-1)8-11-9-12-6-7-13-11;/h1-5,11H,6-9H2;1H3. The Labute approximate surface area is 84.6 Å². The molecule has 1 aromatic rings. The lowest BCUT2D eigenvalue weighted by Crippen LogP contribution is -2.30. The van der Waals surface area contributed by atoms with Crippen molar-refractivity contribution in [3.63, 3.8) is 0 Å². The molecule has 1 aliphatic heterocycles. The lowest BCUT2D eigenvalue weighted by molar-refractivity contribution is -0.0872. The fourth-order valence-electron chi connectivity index (χ4n) is 1.53. The van der Waals surface area contributed by atoms with Crippen molar-refractivity contribution < 1.29 is 9.47 Å². The zero-order valence-electron chi connectivity index (χ0n) is 8.32. The van der Waals surface area contributed by atoms with Gasteiger partial charge < -0.3 is 15.6 Å². The summed E-state index contributed by atoms with van der Waals surface area (Å²) in [7, 11) is 0. The van der Waals surface area contributed by atoms with Crippen LogP contribution in [0.1, 0.15) is 5.56 Å². The molecule has 1 aliphatic rings. The van der Waals surface area contributed by atoms with Crippen LogP contribution in [0.15, 0.2) is 30.3 Å². The lowest BCUT2D eigenvalue weighted by atomic mass is 10.1. The van der Waals surface area contributed by atoms with Crippen LogP contribution in [0.25, 0.3) is 0 Å². The molecule has 3 N–H and O–H groups in total. The molecule has 1 saturated heterocycles. The van der Waals surface area contributed by atoms with Crippen LogP contribution < -0.4 is 6.15 Å². The van der Waals surface area contributed by atoms with Gasteiger partial charge in [0.2, 0.25) is 0 Å². The van der Waals surface area contributed by atoms with E-state index in [1.165, 1.54) is 5.56 Å². The molecule has 0 bridgehead atoms. The third kappa shape index (κ3) is 3.10. The normalized spacial score (nSPS) is 21.3. The Morgan fingerprint density at radius 1 is 1.14 bits per heavy atom. The maximum Gasteiger partial charge on any atom is 0.0849 e. The van der Waals surface area contributed by atoms with Gasteiger partial charge in [0.05, 0.1) is 25.9 Å². The molecule has 0 saturated carbocycles. The maximum atomic E-state index is 5.56. The second-order valence-electron chi connectivity index (χ2n) is 3.26. The van der Waals surface area contributed by atoms with Crippen LogP contribution in [0.4, 0.5) is 0 Å². The molecule has 3 nitrogen and oxygen atoms in total. The van der Waals surface area contributed by atoms with Gasteiger partial charge in [-0.05, 0) is 5.56 Å². The summed E-state index contributed by atoms with van der Waals surface area (Å²) >= 11 is 0. The van der Waals surface area contributed by atoms with Gasteiger partial charge >= 0.3 is 0 Å². The molecule has 14 heavy (non-hydrogen) atoms. The summed E-state index contributed by atoms with van der Waals surface area (Å²) in [6.07, 6.45) is 1.21. The molecule has 0 aliphatic carbocycles. The van der Waals surface area contributed by atoms with Gasteiger partial charge in [-0.15, -0.1) is 0 Å². The summed E-state index contributed by atoms with van der Waals surface area (Å²) in [5.74, 6) is 0. The number of hydrogen-bond acceptors (Lipinski definition) is 3. The molecular weight excluding hydrogens is 178 g/mol. The van der Waals surface area contributed by atoms with Crippen molar-refractivity contribution >= 4 is 0 Å². The minimum absolute atomic E-state index is 0. The van der Waals surface area contributed by atoms with Crippen LogP contribution in [0, 0.1) is 0 Å². The van der Waals surface area contributed by atoms with Gasteiger partial charge in [0.1, 0.15) is 0 Å². The molecular formula is C11H17NO2. The molecule has 78 valence electrons. The fourth-order valence-corrected chi connectivity index (χ4v) is 1.53. The molecule has 2 rings (SSSR count). The summed E-state index contributed by atoms with van der Waals surface area (Å²) in [4.78, 5) is 0. The van der Waals surface area contributed by atoms with E-state index in [1.54, 1.807) is 0 Å². The number of hydrogen-bond donors (Lipinski definition) is 1. The molecule has 1 atom stereocenters. The number of rotatable bonds is 2. The first-order chi connectivity index (χ1) is 6.45. The van der Waals surface area contributed by atoms with E-state index in [9.17, 15) is 0 Å². The van der Waals surface area contributed by atoms with Gasteiger partial charge in [-0.3, -0.25) is 0 Å². The molecule has 3 heteroatoms. The van der Waals surface area contributed by atoms with E-state index >= 15 is 0 Å². The summed E-state index contributed by atoms with van der Waals surface area (Å²) in [6, 6.07) is 10.4. The van der Waals surface area contributed by atoms with Crippen LogP contribution >= 0.6 is 0 Å². The first-order valence-corrected chi connectivity index (χ1v) is 4.68. The summed E-state index contributed by atoms with van der Waals surface area (Å²) in [5, 5.41) is 0. The van der Waals surface area contributed by atoms with Gasteiger partial charge in [0, 0.05) is 6.42 Å². The molecule has 0 amide bonds. The first-order valence-electron chi connectivity index (χ1n) is 4.68. The second kappa shape index (κ2) is 5.75. The van der Waals surface area contributed by atoms with Crippen molar-refractivity contribution in [2.24, 2.45) is 0 Å². The Bertz CT molecular complexity index is 245. The van der Waals surface area contributed by atoms with Crippen molar-refractivity contribution in [3.05, 3.63) is 35.9 Å². The van der Waals surface area contributed by atoms with E-state index in [1.807, 2.05) is 6.07 Å². The smallest absolute Gasteiger partial charge is 0.0849 e. The number of ether oxygens (including phenoxy) is 2. The van der Waals surface area contributed by atoms with Crippen LogP contribution in [0.3, 0.4) is 0 Å². The highest BCUT2D eigenvalue weighted by Gasteiger charge is 2.14. The molecule has 1 unspecified atom stereocenters. The van der Waals surface area contributed by atoms with Gasteiger partial charge in [-0.25, -0.2) is 0 Å². The van der Waals surface area contributed by atoms with Crippen LogP contribution in [-0.4, -0.2) is 25.9 Å². The summed E-state index contributed by atoms with van der Waals surface area (Å²) < 4.78 is 10.9. The Morgan fingerprint density at radius 3 is 2.57 bits per heavy atom. The molecule has 0 spiro atoms. The minimum Gasteiger partial charge on any atom is -0.376 e. The largest absolute Gasteiger partial charge is 0.376 e. The Hall–Kier alpha value is -0.900. The minimum atomic E-state index is 0. The van der Waals surface area contributed by atoms with Gasteiger partial charge in [-0.1, -0.05) is 30.3 Å². The highest BCUT2D eigenvalue weighted by molar-refractivity contribution is 5.15. The predicted molar refractivity (Wildman–Crippen MR) is 55.7 cm³/mol. The van der Waals surface area contributed by atoms with Crippen molar-refractivity contribution in [2.75, 3.05) is 19.8 Å². The highest BCUT2D eigenvalue weighted by Crippen LogP contribution is 2.08. The van der Waals surface area contributed by atoms with Crippen LogP contribution in [0.2, 0.25) is 0 Å². The second-order valence-corrected chi connectivity index (χ2v) is 3.26. The van der Waals surface area contributed by atoms with E-state index < -0.39 is 0 Å². The monoisotopic (exact) mass is 195 g/mol. The number of benzene rings is 1. The van der Waals surface area contributed by atoms with Crippen LogP contribution in [-0.2, 0) is 15.9 Å². The molecule has 0 radical (unpaired) electrons. The maximum absolute atomic E-state index is 5.56. The Kier molecular flexibility index (Phi) is 4.59. The quantitative estimate of drug-likeness (QED) is 0.783. The average molecular weight is 195 g/mol. The Morgan fingerprint density at radius 2 is 1.93 bits per heavy atom. The van der Waals surface area contributed by atoms with Gasteiger partial charge in [0.15, 0.2) is 0 Å². The third-order valence-corrected chi connectivity index (χ3v) is 2.19. The SMILES string of the molecule is N.c1ccc(CC2COCCO2)cc1. The zero-order valence-corrected chi connectivity index (χ0v) is 8.32. The average Bonchev–Trinajstić information content (AvgIpc) is 2.21. The van der Waals surface area contributed by atoms with Crippen LogP contribution in [0.5, 0.6) is 0 Å². The van der Waals surface area contributed by atoms with E-state index in [-0.39, 0.29) is 12.3 Å². The molecule has 1 fully saturated rings. The van der Waals surface area contributed by atoms with E-state index in [4.69, 9.17) is 9.47 Å². The first kappa shape index (κ1) is 11.2. The third-order valence-electron chi connectivity index (χ3n) is 2.19. The van der Waals surface area contributed by atoms with Crippen molar-refractivity contribution in [1.82, 2.24) is 6.15 Å². The Balaban J connectivity index is 0.000000980. The topological polar surface area (TPSA) is 53.5 Å².